The Morgan fingerprint density at radius 3 is 2.42 bits per heavy atom. The van der Waals surface area contributed by atoms with Crippen molar-refractivity contribution in [3.8, 4) is 0 Å². The summed E-state index contributed by atoms with van der Waals surface area (Å²) in [6, 6.07) is 8.03. The molecule has 0 aliphatic rings. The average molecular weight is 405 g/mol. The minimum atomic E-state index is -2.72. The second-order valence-corrected chi connectivity index (χ2v) is 12.1. The van der Waals surface area contributed by atoms with E-state index in [2.05, 4.69) is 16.4 Å². The molecule has 0 fully saturated rings. The van der Waals surface area contributed by atoms with Crippen molar-refractivity contribution < 1.29 is 14.1 Å². The van der Waals surface area contributed by atoms with Gasteiger partial charge in [-0.05, 0) is 67.1 Å². The third-order valence-corrected chi connectivity index (χ3v) is 8.04. The van der Waals surface area contributed by atoms with Crippen LogP contribution >= 0.6 is 28.8 Å². The largest absolute Gasteiger partial charge is 0.466 e. The number of nitrogens with zero attached hydrogens (tertiary/aromatic N) is 1. The van der Waals surface area contributed by atoms with Gasteiger partial charge in [0.15, 0.2) is 0 Å². The molecule has 0 saturated heterocycles. The van der Waals surface area contributed by atoms with Gasteiger partial charge < -0.3 is 15.0 Å². The zero-order valence-electron chi connectivity index (χ0n) is 14.0. The molecule has 132 valence electrons. The quantitative estimate of drug-likeness (QED) is 0.129. The van der Waals surface area contributed by atoms with Gasteiger partial charge in [0, 0.05) is 9.79 Å². The fourth-order valence-electron chi connectivity index (χ4n) is 1.58. The Balaban J connectivity index is 2.99. The monoisotopic (exact) mass is 404 g/mol. The molecule has 1 unspecified atom stereocenters. The third kappa shape index (κ3) is 7.75. The Morgan fingerprint density at radius 1 is 1.33 bits per heavy atom. The van der Waals surface area contributed by atoms with Crippen molar-refractivity contribution in [2.45, 2.75) is 30.6 Å². The number of esters is 1. The van der Waals surface area contributed by atoms with Gasteiger partial charge in [0.2, 0.25) is 0 Å². The molecule has 1 atom stereocenters. The zero-order chi connectivity index (χ0) is 18.2. The Hall–Kier alpha value is -0.950. The molecule has 1 rings (SSSR count). The molecule has 5 nitrogen and oxygen atoms in total. The molecule has 1 aromatic carbocycles. The van der Waals surface area contributed by atoms with E-state index < -0.39 is 11.6 Å². The van der Waals surface area contributed by atoms with E-state index in [0.29, 0.717) is 11.6 Å². The topological polar surface area (TPSA) is 73.9 Å². The van der Waals surface area contributed by atoms with Crippen LogP contribution in [0.3, 0.4) is 0 Å². The van der Waals surface area contributed by atoms with E-state index in [0.717, 1.165) is 10.6 Å². The van der Waals surface area contributed by atoms with Crippen LogP contribution in [0, 0.1) is 0 Å². The van der Waals surface area contributed by atoms with Crippen LogP contribution in [0.4, 0.5) is 0 Å². The normalized spacial score (nSPS) is 14.8. The molecular weight excluding hydrogens is 383 g/mol. The molecule has 0 aromatic heterocycles. The predicted molar refractivity (Wildman–Crippen MR) is 107 cm³/mol. The Labute approximate surface area is 156 Å². The predicted octanol–water partition coefficient (Wildman–Crippen LogP) is 4.59. The highest BCUT2D eigenvalue weighted by Crippen LogP contribution is 2.65. The van der Waals surface area contributed by atoms with Gasteiger partial charge in [-0.2, -0.15) is 4.76 Å². The molecular formula is C15H21N2O3PS3. The number of carbonyl (C=O) groups excluding carboxylic acids is 1. The number of hydrogen-bond acceptors (Lipinski definition) is 6. The molecule has 2 N–H and O–H groups in total. The fourth-order valence-corrected chi connectivity index (χ4v) is 7.34. The first-order valence-electron chi connectivity index (χ1n) is 7.08. The number of carbonyl (C=O) groups is 1. The van der Waals surface area contributed by atoms with Crippen LogP contribution in [-0.2, 0) is 25.9 Å². The van der Waals surface area contributed by atoms with E-state index in [1.807, 2.05) is 24.3 Å². The smallest absolute Gasteiger partial charge is 0.333 e. The lowest BCUT2D eigenvalue weighted by Crippen LogP contribution is -2.05. The summed E-state index contributed by atoms with van der Waals surface area (Å²) in [7, 11) is 1.30. The molecule has 0 aliphatic carbocycles. The molecule has 9 heteroatoms. The maximum absolute atomic E-state index is 11.3. The molecule has 24 heavy (non-hydrogen) atoms. The van der Waals surface area contributed by atoms with Crippen molar-refractivity contribution in [2.75, 3.05) is 12.9 Å². The number of rotatable bonds is 8. The number of nitrogens with two attached hydrogens (primary N) is 1. The van der Waals surface area contributed by atoms with E-state index in [1.165, 1.54) is 29.5 Å². The van der Waals surface area contributed by atoms with Gasteiger partial charge in [0.25, 0.3) is 5.62 Å². The zero-order valence-corrected chi connectivity index (χ0v) is 17.4. The van der Waals surface area contributed by atoms with Gasteiger partial charge in [0.1, 0.15) is 5.76 Å². The van der Waals surface area contributed by atoms with E-state index in [-0.39, 0.29) is 0 Å². The highest BCUT2D eigenvalue weighted by Gasteiger charge is 2.21. The lowest BCUT2D eigenvalue weighted by molar-refractivity contribution is -0.135. The van der Waals surface area contributed by atoms with Crippen LogP contribution in [0.5, 0.6) is 0 Å². The minimum absolute atomic E-state index is 0.342. The molecule has 0 bridgehead atoms. The van der Waals surface area contributed by atoms with Crippen molar-refractivity contribution in [2.24, 2.45) is 10.5 Å². The van der Waals surface area contributed by atoms with Gasteiger partial charge >= 0.3 is 5.97 Å². The first-order chi connectivity index (χ1) is 11.3. The number of benzene rings is 1. The second-order valence-electron chi connectivity index (χ2n) is 4.58. The van der Waals surface area contributed by atoms with Crippen molar-refractivity contribution in [1.82, 2.24) is 0 Å². The maximum Gasteiger partial charge on any atom is 0.333 e. The first-order valence-corrected chi connectivity index (χ1v) is 12.2. The maximum atomic E-state index is 11.3. The number of ether oxygens (including phenoxy) is 1. The highest BCUT2D eigenvalue weighted by molar-refractivity contribution is 8.69. The number of allylic oxidation sites excluding steroid dienone is 1. The number of amidine groups is 1. The summed E-state index contributed by atoms with van der Waals surface area (Å²) in [5, 5.41) is 0. The number of hydrogen-bond donors (Lipinski definition) is 1. The van der Waals surface area contributed by atoms with Crippen LogP contribution in [0.2, 0.25) is 0 Å². The molecule has 0 saturated carbocycles. The van der Waals surface area contributed by atoms with Crippen molar-refractivity contribution in [1.29, 1.82) is 0 Å². The van der Waals surface area contributed by atoms with Gasteiger partial charge in [0.05, 0.1) is 19.0 Å². The van der Waals surface area contributed by atoms with Crippen LogP contribution in [0.25, 0.3) is 0 Å². The molecule has 0 spiro atoms. The molecule has 1 aromatic rings. The minimum Gasteiger partial charge on any atom is -0.466 e. The third-order valence-electron chi connectivity index (χ3n) is 2.42. The van der Waals surface area contributed by atoms with Crippen LogP contribution < -0.4 is 5.73 Å². The van der Waals surface area contributed by atoms with E-state index in [9.17, 15) is 4.79 Å². The standard InChI is InChI=1S/C15H21N2O3PS3/c1-5-23-13-6-8-14(9-7-13)24-21(22,17-12(3)16)20-11(2)10-15(18)19-4/h6-10H,5H2,1-4H3,(H2,16,17,22). The van der Waals surface area contributed by atoms with Gasteiger partial charge in [-0.25, -0.2) is 4.79 Å². The summed E-state index contributed by atoms with van der Waals surface area (Å²) in [5.74, 6) is 1.20. The SMILES string of the molecule is CCSc1ccc(SP(=S)(N=C(C)N)OC(C)=CC(=O)OC)cc1. The van der Waals surface area contributed by atoms with Crippen LogP contribution in [-0.4, -0.2) is 24.7 Å². The molecule has 0 radical (unpaired) electrons. The van der Waals surface area contributed by atoms with Crippen molar-refractivity contribution >= 4 is 52.4 Å². The lowest BCUT2D eigenvalue weighted by atomic mass is 10.4. The Kier molecular flexibility index (Phi) is 8.91. The van der Waals surface area contributed by atoms with E-state index in [1.54, 1.807) is 25.6 Å². The second kappa shape index (κ2) is 10.1. The summed E-state index contributed by atoms with van der Waals surface area (Å²) in [6.07, 6.45) is 1.24. The Morgan fingerprint density at radius 2 is 1.92 bits per heavy atom. The van der Waals surface area contributed by atoms with Crippen LogP contribution in [0.15, 0.2) is 50.7 Å². The summed E-state index contributed by atoms with van der Waals surface area (Å²) in [5.41, 5.74) is 2.98. The van der Waals surface area contributed by atoms with Gasteiger partial charge in [-0.3, -0.25) is 0 Å². The lowest BCUT2D eigenvalue weighted by Gasteiger charge is -2.19. The van der Waals surface area contributed by atoms with Gasteiger partial charge in [-0.1, -0.05) is 6.92 Å². The Bertz CT molecular complexity index is 671. The molecule has 0 amide bonds. The summed E-state index contributed by atoms with van der Waals surface area (Å²) >= 11 is 8.71. The summed E-state index contributed by atoms with van der Waals surface area (Å²) in [4.78, 5) is 13.4. The van der Waals surface area contributed by atoms with E-state index in [4.69, 9.17) is 22.1 Å². The van der Waals surface area contributed by atoms with Gasteiger partial charge in [-0.15, -0.1) is 11.8 Å². The van der Waals surface area contributed by atoms with Crippen molar-refractivity contribution in [3.63, 3.8) is 0 Å². The number of thioether (sulfide) groups is 1. The molecule has 0 aliphatic heterocycles. The highest BCUT2D eigenvalue weighted by atomic mass is 32.9. The van der Waals surface area contributed by atoms with Crippen molar-refractivity contribution in [3.05, 3.63) is 36.1 Å². The van der Waals surface area contributed by atoms with Crippen LogP contribution in [0.1, 0.15) is 20.8 Å². The number of methoxy groups -OCH3 is 1. The van der Waals surface area contributed by atoms with E-state index >= 15 is 0 Å². The summed E-state index contributed by atoms with van der Waals surface area (Å²) < 4.78 is 14.7. The first kappa shape index (κ1) is 21.1. The average Bonchev–Trinajstić information content (AvgIpc) is 2.48. The fraction of sp³-hybridized carbons (Fsp3) is 0.333. The molecule has 0 heterocycles. The summed E-state index contributed by atoms with van der Waals surface area (Å²) in [6.45, 7) is 5.41.